The number of hydrogen-bond donors (Lipinski definition) is 3. The number of carboxylic acid groups (broad SMARTS) is 1. The number of carbonyl (C=O) groups is 1. The van der Waals surface area contributed by atoms with Gasteiger partial charge in [0.1, 0.15) is 11.5 Å². The molecule has 2 rings (SSSR count). The first-order valence-corrected chi connectivity index (χ1v) is 8.37. The number of aliphatic carboxylic acids is 1. The number of nitrogens with one attached hydrogen (secondary N) is 1. The average molecular weight is 348 g/mol. The van der Waals surface area contributed by atoms with Gasteiger partial charge in [-0.2, -0.15) is 0 Å². The molecular formula is C17H20N2O4S. The molecular weight excluding hydrogens is 328 g/mol. The number of carboxylic acids is 1. The van der Waals surface area contributed by atoms with E-state index in [1.165, 1.54) is 11.3 Å². The summed E-state index contributed by atoms with van der Waals surface area (Å²) in [5.41, 5.74) is 1.52. The molecule has 7 heteroatoms. The van der Waals surface area contributed by atoms with Crippen LogP contribution in [0, 0.1) is 0 Å². The fourth-order valence-electron chi connectivity index (χ4n) is 1.90. The monoisotopic (exact) mass is 348 g/mol. The molecule has 0 spiro atoms. The number of anilines is 1. The normalized spacial score (nSPS) is 11.5. The summed E-state index contributed by atoms with van der Waals surface area (Å²) < 4.78 is 5.05. The van der Waals surface area contributed by atoms with E-state index in [0.717, 1.165) is 10.8 Å². The summed E-state index contributed by atoms with van der Waals surface area (Å²) in [4.78, 5) is 14.9. The van der Waals surface area contributed by atoms with Gasteiger partial charge in [0.05, 0.1) is 5.69 Å². The maximum absolute atomic E-state index is 10.4. The lowest BCUT2D eigenvalue weighted by Crippen LogP contribution is -2.09. The van der Waals surface area contributed by atoms with Crippen LogP contribution >= 0.6 is 11.3 Å². The van der Waals surface area contributed by atoms with Crippen LogP contribution in [0.3, 0.4) is 0 Å². The van der Waals surface area contributed by atoms with E-state index in [9.17, 15) is 9.90 Å². The number of aliphatic hydroxyl groups is 1. The third kappa shape index (κ3) is 5.58. The molecule has 1 aromatic carbocycles. The number of rotatable bonds is 8. The SMILES string of the molecule is CC(C)Nc1nc(C/C=C(/O)c2ccc(OCC(=O)O)cc2)cs1. The van der Waals surface area contributed by atoms with E-state index in [1.54, 1.807) is 30.3 Å². The van der Waals surface area contributed by atoms with Crippen LogP contribution in [0.4, 0.5) is 5.13 Å². The number of aliphatic hydroxyl groups excluding tert-OH is 1. The number of ether oxygens (including phenoxy) is 1. The van der Waals surface area contributed by atoms with Crippen LogP contribution in [0.1, 0.15) is 25.1 Å². The van der Waals surface area contributed by atoms with E-state index < -0.39 is 12.6 Å². The molecule has 0 aliphatic heterocycles. The number of hydrogen-bond acceptors (Lipinski definition) is 6. The second kappa shape index (κ2) is 8.35. The molecule has 24 heavy (non-hydrogen) atoms. The Balaban J connectivity index is 1.95. The zero-order valence-corrected chi connectivity index (χ0v) is 14.3. The van der Waals surface area contributed by atoms with Crippen molar-refractivity contribution in [3.05, 3.63) is 47.0 Å². The van der Waals surface area contributed by atoms with E-state index in [0.29, 0.717) is 23.8 Å². The summed E-state index contributed by atoms with van der Waals surface area (Å²) in [5.74, 6) is -0.444. The first-order chi connectivity index (χ1) is 11.4. The second-order valence-corrected chi connectivity index (χ2v) is 6.30. The average Bonchev–Trinajstić information content (AvgIpc) is 2.97. The summed E-state index contributed by atoms with van der Waals surface area (Å²) in [5, 5.41) is 24.8. The van der Waals surface area contributed by atoms with Crippen molar-refractivity contribution < 1.29 is 19.7 Å². The van der Waals surface area contributed by atoms with Gasteiger partial charge in [0.15, 0.2) is 11.7 Å². The van der Waals surface area contributed by atoms with Crippen molar-refractivity contribution in [1.29, 1.82) is 0 Å². The lowest BCUT2D eigenvalue weighted by Gasteiger charge is -2.05. The molecule has 1 heterocycles. The molecule has 6 nitrogen and oxygen atoms in total. The quantitative estimate of drug-likeness (QED) is 0.632. The fourth-order valence-corrected chi connectivity index (χ4v) is 2.77. The smallest absolute Gasteiger partial charge is 0.341 e. The van der Waals surface area contributed by atoms with Gasteiger partial charge in [-0.3, -0.25) is 0 Å². The highest BCUT2D eigenvalue weighted by Gasteiger charge is 2.05. The first kappa shape index (κ1) is 17.8. The molecule has 0 aliphatic carbocycles. The van der Waals surface area contributed by atoms with Crippen LogP contribution in [0.2, 0.25) is 0 Å². The molecule has 0 fully saturated rings. The molecule has 0 bridgehead atoms. The molecule has 0 atom stereocenters. The first-order valence-electron chi connectivity index (χ1n) is 7.49. The molecule has 1 aromatic heterocycles. The van der Waals surface area contributed by atoms with Crippen LogP contribution in [0.25, 0.3) is 5.76 Å². The molecule has 0 amide bonds. The van der Waals surface area contributed by atoms with Crippen molar-refractivity contribution in [3.63, 3.8) is 0 Å². The minimum atomic E-state index is -1.03. The minimum Gasteiger partial charge on any atom is -0.508 e. The van der Waals surface area contributed by atoms with Gasteiger partial charge in [-0.1, -0.05) is 0 Å². The number of allylic oxidation sites excluding steroid dienone is 1. The number of nitrogens with zero attached hydrogens (tertiary/aromatic N) is 1. The summed E-state index contributed by atoms with van der Waals surface area (Å²) in [6.45, 7) is 3.71. The van der Waals surface area contributed by atoms with Gasteiger partial charge in [-0.05, 0) is 44.2 Å². The second-order valence-electron chi connectivity index (χ2n) is 5.44. The Labute approximate surface area is 144 Å². The topological polar surface area (TPSA) is 91.7 Å². The maximum atomic E-state index is 10.4. The van der Waals surface area contributed by atoms with Gasteiger partial charge in [0.25, 0.3) is 0 Å². The highest BCUT2D eigenvalue weighted by atomic mass is 32.1. The Hall–Kier alpha value is -2.54. The Bertz CT molecular complexity index is 708. The molecule has 2 aromatic rings. The predicted molar refractivity (Wildman–Crippen MR) is 94.8 cm³/mol. The number of aromatic nitrogens is 1. The van der Waals surface area contributed by atoms with Gasteiger partial charge < -0.3 is 20.3 Å². The molecule has 0 unspecified atom stereocenters. The van der Waals surface area contributed by atoms with Gasteiger partial charge >= 0.3 is 5.97 Å². The predicted octanol–water partition coefficient (Wildman–Crippen LogP) is 3.57. The van der Waals surface area contributed by atoms with Crippen molar-refractivity contribution in [3.8, 4) is 5.75 Å². The molecule has 0 radical (unpaired) electrons. The van der Waals surface area contributed by atoms with Crippen molar-refractivity contribution >= 4 is 28.2 Å². The third-order valence-corrected chi connectivity index (χ3v) is 3.80. The van der Waals surface area contributed by atoms with Crippen LogP contribution in [0.15, 0.2) is 35.7 Å². The summed E-state index contributed by atoms with van der Waals surface area (Å²) in [7, 11) is 0. The van der Waals surface area contributed by atoms with Gasteiger partial charge in [0.2, 0.25) is 0 Å². The van der Waals surface area contributed by atoms with E-state index in [1.807, 2.05) is 5.38 Å². The molecule has 0 aliphatic rings. The van der Waals surface area contributed by atoms with Crippen molar-refractivity contribution in [2.45, 2.75) is 26.3 Å². The number of benzene rings is 1. The largest absolute Gasteiger partial charge is 0.508 e. The maximum Gasteiger partial charge on any atom is 0.341 e. The summed E-state index contributed by atoms with van der Waals surface area (Å²) in [6.07, 6.45) is 2.22. The van der Waals surface area contributed by atoms with Crippen molar-refractivity contribution in [2.24, 2.45) is 0 Å². The molecule has 0 saturated carbocycles. The van der Waals surface area contributed by atoms with Crippen LogP contribution in [-0.4, -0.2) is 33.8 Å². The zero-order chi connectivity index (χ0) is 17.5. The number of thiazole rings is 1. The van der Waals surface area contributed by atoms with Crippen molar-refractivity contribution in [2.75, 3.05) is 11.9 Å². The van der Waals surface area contributed by atoms with E-state index in [4.69, 9.17) is 9.84 Å². The van der Waals surface area contributed by atoms with Crippen LogP contribution in [0.5, 0.6) is 5.75 Å². The van der Waals surface area contributed by atoms with Gasteiger partial charge in [-0.15, -0.1) is 11.3 Å². The van der Waals surface area contributed by atoms with E-state index in [2.05, 4.69) is 24.1 Å². The third-order valence-electron chi connectivity index (χ3n) is 2.98. The summed E-state index contributed by atoms with van der Waals surface area (Å²) >= 11 is 1.54. The van der Waals surface area contributed by atoms with Crippen molar-refractivity contribution in [1.82, 2.24) is 4.98 Å². The van der Waals surface area contributed by atoms with Crippen LogP contribution < -0.4 is 10.1 Å². The lowest BCUT2D eigenvalue weighted by atomic mass is 10.1. The highest BCUT2D eigenvalue weighted by Crippen LogP contribution is 2.20. The Morgan fingerprint density at radius 3 is 2.67 bits per heavy atom. The standard InChI is InChI=1S/C17H20N2O4S/c1-11(2)18-17-19-13(10-24-17)5-8-15(20)12-3-6-14(7-4-12)23-9-16(21)22/h3-4,6-8,10-11,20H,5,9H2,1-2H3,(H,18,19)(H,21,22)/b15-8+. The summed E-state index contributed by atoms with van der Waals surface area (Å²) in [6, 6.07) is 6.92. The molecule has 0 saturated heterocycles. The fraction of sp³-hybridized carbons (Fsp3) is 0.294. The Morgan fingerprint density at radius 2 is 2.04 bits per heavy atom. The van der Waals surface area contributed by atoms with E-state index >= 15 is 0 Å². The Kier molecular flexibility index (Phi) is 6.20. The van der Waals surface area contributed by atoms with Gasteiger partial charge in [0, 0.05) is 23.4 Å². The molecule has 128 valence electrons. The Morgan fingerprint density at radius 1 is 1.33 bits per heavy atom. The lowest BCUT2D eigenvalue weighted by molar-refractivity contribution is -0.139. The molecule has 3 N–H and O–H groups in total. The van der Waals surface area contributed by atoms with Crippen LogP contribution in [-0.2, 0) is 11.2 Å². The van der Waals surface area contributed by atoms with Gasteiger partial charge in [-0.25, -0.2) is 9.78 Å². The zero-order valence-electron chi connectivity index (χ0n) is 13.5. The van der Waals surface area contributed by atoms with E-state index in [-0.39, 0.29) is 5.76 Å². The minimum absolute atomic E-state index is 0.145. The highest BCUT2D eigenvalue weighted by molar-refractivity contribution is 7.13.